The minimum atomic E-state index is -0.220. The zero-order valence-corrected chi connectivity index (χ0v) is 15.2. The fourth-order valence-corrected chi connectivity index (χ4v) is 2.42. The van der Waals surface area contributed by atoms with Gasteiger partial charge in [-0.15, -0.1) is 0 Å². The number of rotatable bonds is 5. The maximum Gasteiger partial charge on any atom is 0.244 e. The molecule has 0 radical (unpaired) electrons. The number of carbonyl (C=O) groups is 2. The number of hydrogen-bond donors (Lipinski definition) is 1. The number of anilines is 1. The van der Waals surface area contributed by atoms with Crippen molar-refractivity contribution in [3.05, 3.63) is 59.9 Å². The molecular weight excluding hydrogens is 314 g/mol. The summed E-state index contributed by atoms with van der Waals surface area (Å²) in [6.45, 7) is 8.25. The van der Waals surface area contributed by atoms with Crippen LogP contribution in [0, 0.1) is 0 Å². The van der Waals surface area contributed by atoms with E-state index in [9.17, 15) is 9.59 Å². The summed E-state index contributed by atoms with van der Waals surface area (Å²) >= 11 is 0. The number of benzene rings is 1. The highest BCUT2D eigenvalue weighted by Crippen LogP contribution is 2.23. The highest BCUT2D eigenvalue weighted by Gasteiger charge is 2.16. The topological polar surface area (TPSA) is 62.3 Å². The molecule has 2 amide bonds. The van der Waals surface area contributed by atoms with E-state index in [0.29, 0.717) is 6.54 Å². The highest BCUT2D eigenvalue weighted by molar-refractivity contribution is 5.94. The molecule has 1 aromatic carbocycles. The van der Waals surface area contributed by atoms with Gasteiger partial charge in [-0.1, -0.05) is 39.0 Å². The molecule has 0 aliphatic carbocycles. The van der Waals surface area contributed by atoms with Crippen LogP contribution in [0.3, 0.4) is 0 Å². The van der Waals surface area contributed by atoms with Crippen molar-refractivity contribution < 1.29 is 9.59 Å². The second kappa shape index (κ2) is 7.92. The first-order chi connectivity index (χ1) is 11.8. The van der Waals surface area contributed by atoms with Gasteiger partial charge in [0.2, 0.25) is 11.8 Å². The fraction of sp³-hybridized carbons (Fsp3) is 0.350. The number of carbonyl (C=O) groups excluding carboxylic acids is 2. The summed E-state index contributed by atoms with van der Waals surface area (Å²) in [7, 11) is 0. The zero-order chi connectivity index (χ0) is 18.4. The Kier molecular flexibility index (Phi) is 5.91. The SMILES string of the molecule is CC(=O)N(CC(=O)Nc1ccc(C(C)(C)C)cc1)Cc1cccnc1. The lowest BCUT2D eigenvalue weighted by atomic mass is 9.87. The molecule has 0 unspecified atom stereocenters. The number of aromatic nitrogens is 1. The molecule has 1 heterocycles. The predicted molar refractivity (Wildman–Crippen MR) is 99.1 cm³/mol. The Morgan fingerprint density at radius 3 is 2.32 bits per heavy atom. The minimum Gasteiger partial charge on any atom is -0.329 e. The number of hydrogen-bond acceptors (Lipinski definition) is 3. The molecule has 5 nitrogen and oxygen atoms in total. The van der Waals surface area contributed by atoms with E-state index in [1.54, 1.807) is 12.4 Å². The third-order valence-electron chi connectivity index (χ3n) is 3.91. The standard InChI is InChI=1S/C20H25N3O2/c1-15(24)23(13-16-6-5-11-21-12-16)14-19(25)22-18-9-7-17(8-10-18)20(2,3)4/h5-12H,13-14H2,1-4H3,(H,22,25). The van der Waals surface area contributed by atoms with Crippen molar-refractivity contribution in [2.75, 3.05) is 11.9 Å². The van der Waals surface area contributed by atoms with Crippen LogP contribution in [0.5, 0.6) is 0 Å². The lowest BCUT2D eigenvalue weighted by Crippen LogP contribution is -2.36. The van der Waals surface area contributed by atoms with Gasteiger partial charge in [-0.25, -0.2) is 0 Å². The van der Waals surface area contributed by atoms with Crippen LogP contribution in [0.4, 0.5) is 5.69 Å². The van der Waals surface area contributed by atoms with Crippen molar-refractivity contribution in [2.45, 2.75) is 39.7 Å². The van der Waals surface area contributed by atoms with Crippen molar-refractivity contribution in [1.82, 2.24) is 9.88 Å². The molecule has 2 aromatic rings. The number of amides is 2. The largest absolute Gasteiger partial charge is 0.329 e. The van der Waals surface area contributed by atoms with E-state index < -0.39 is 0 Å². The zero-order valence-electron chi connectivity index (χ0n) is 15.2. The molecule has 0 saturated carbocycles. The molecule has 0 spiro atoms. The van der Waals surface area contributed by atoms with Gasteiger partial charge in [-0.05, 0) is 34.7 Å². The molecule has 25 heavy (non-hydrogen) atoms. The summed E-state index contributed by atoms with van der Waals surface area (Å²) < 4.78 is 0. The summed E-state index contributed by atoms with van der Waals surface area (Å²) in [6.07, 6.45) is 3.37. The molecule has 1 aromatic heterocycles. The second-order valence-corrected chi connectivity index (χ2v) is 7.11. The Bertz CT molecular complexity index is 719. The van der Waals surface area contributed by atoms with E-state index >= 15 is 0 Å². The Morgan fingerprint density at radius 2 is 1.80 bits per heavy atom. The van der Waals surface area contributed by atoms with Crippen LogP contribution >= 0.6 is 0 Å². The summed E-state index contributed by atoms with van der Waals surface area (Å²) in [5.74, 6) is -0.371. The highest BCUT2D eigenvalue weighted by atomic mass is 16.2. The van der Waals surface area contributed by atoms with Gasteiger partial charge in [0.25, 0.3) is 0 Å². The molecule has 0 bridgehead atoms. The van der Waals surface area contributed by atoms with E-state index in [2.05, 4.69) is 31.1 Å². The van der Waals surface area contributed by atoms with Crippen LogP contribution in [0.1, 0.15) is 38.8 Å². The van der Waals surface area contributed by atoms with Gasteiger partial charge in [0.05, 0.1) is 0 Å². The van der Waals surface area contributed by atoms with Gasteiger partial charge in [0.1, 0.15) is 6.54 Å². The van der Waals surface area contributed by atoms with Crippen LogP contribution in [-0.4, -0.2) is 28.2 Å². The first-order valence-electron chi connectivity index (χ1n) is 8.30. The maximum atomic E-state index is 12.3. The predicted octanol–water partition coefficient (Wildman–Crippen LogP) is 3.37. The van der Waals surface area contributed by atoms with Crippen molar-refractivity contribution in [3.63, 3.8) is 0 Å². The van der Waals surface area contributed by atoms with Crippen LogP contribution in [-0.2, 0) is 21.5 Å². The van der Waals surface area contributed by atoms with Crippen molar-refractivity contribution in [1.29, 1.82) is 0 Å². The van der Waals surface area contributed by atoms with Crippen LogP contribution < -0.4 is 5.32 Å². The molecule has 0 aliphatic heterocycles. The Balaban J connectivity index is 1.98. The first kappa shape index (κ1) is 18.6. The lowest BCUT2D eigenvalue weighted by Gasteiger charge is -2.21. The maximum absolute atomic E-state index is 12.3. The van der Waals surface area contributed by atoms with E-state index in [4.69, 9.17) is 0 Å². The molecule has 0 aliphatic rings. The van der Waals surface area contributed by atoms with Crippen LogP contribution in [0.15, 0.2) is 48.8 Å². The number of pyridine rings is 1. The minimum absolute atomic E-state index is 0.00521. The molecule has 5 heteroatoms. The Hall–Kier alpha value is -2.69. The summed E-state index contributed by atoms with van der Waals surface area (Å²) in [5, 5.41) is 2.84. The van der Waals surface area contributed by atoms with Crippen LogP contribution in [0.2, 0.25) is 0 Å². The monoisotopic (exact) mass is 339 g/mol. The van der Waals surface area contributed by atoms with E-state index in [0.717, 1.165) is 11.3 Å². The van der Waals surface area contributed by atoms with Gasteiger partial charge >= 0.3 is 0 Å². The van der Waals surface area contributed by atoms with E-state index in [-0.39, 0.29) is 23.8 Å². The van der Waals surface area contributed by atoms with E-state index in [1.807, 2.05) is 36.4 Å². The molecule has 1 N–H and O–H groups in total. The molecule has 0 saturated heterocycles. The van der Waals surface area contributed by atoms with Gasteiger partial charge in [0, 0.05) is 31.5 Å². The molecule has 0 atom stereocenters. The van der Waals surface area contributed by atoms with Crippen LogP contribution in [0.25, 0.3) is 0 Å². The van der Waals surface area contributed by atoms with Crippen molar-refractivity contribution in [3.8, 4) is 0 Å². The van der Waals surface area contributed by atoms with E-state index in [1.165, 1.54) is 17.4 Å². The average Bonchev–Trinajstić information content (AvgIpc) is 2.54. The molecular formula is C20H25N3O2. The third kappa shape index (κ3) is 5.71. The Labute approximate surface area is 149 Å². The summed E-state index contributed by atoms with van der Waals surface area (Å²) in [4.78, 5) is 29.6. The van der Waals surface area contributed by atoms with Gasteiger partial charge < -0.3 is 10.2 Å². The number of nitrogens with one attached hydrogen (secondary N) is 1. The molecule has 2 rings (SSSR count). The van der Waals surface area contributed by atoms with Gasteiger partial charge in [-0.2, -0.15) is 0 Å². The average molecular weight is 339 g/mol. The molecule has 132 valence electrons. The third-order valence-corrected chi connectivity index (χ3v) is 3.91. The normalized spacial score (nSPS) is 11.0. The molecule has 0 fully saturated rings. The smallest absolute Gasteiger partial charge is 0.244 e. The van der Waals surface area contributed by atoms with Crippen molar-refractivity contribution in [2.24, 2.45) is 0 Å². The summed E-state index contributed by atoms with van der Waals surface area (Å²) in [5.41, 5.74) is 2.88. The second-order valence-electron chi connectivity index (χ2n) is 7.11. The van der Waals surface area contributed by atoms with Crippen molar-refractivity contribution >= 4 is 17.5 Å². The van der Waals surface area contributed by atoms with Gasteiger partial charge in [0.15, 0.2) is 0 Å². The van der Waals surface area contributed by atoms with Gasteiger partial charge in [-0.3, -0.25) is 14.6 Å². The fourth-order valence-electron chi connectivity index (χ4n) is 2.42. The first-order valence-corrected chi connectivity index (χ1v) is 8.30. The summed E-state index contributed by atoms with van der Waals surface area (Å²) in [6, 6.07) is 11.5. The number of nitrogens with zero attached hydrogens (tertiary/aromatic N) is 2. The Morgan fingerprint density at radius 1 is 1.12 bits per heavy atom. The quantitative estimate of drug-likeness (QED) is 0.908. The lowest BCUT2D eigenvalue weighted by molar-refractivity contribution is -0.133.